The smallest absolute Gasteiger partial charge is 0.127 e. The lowest BCUT2D eigenvalue weighted by Gasteiger charge is -2.14. The normalized spacial score (nSPS) is 11.7. The Labute approximate surface area is 124 Å². The Morgan fingerprint density at radius 2 is 0.722 bits per heavy atom. The quantitative estimate of drug-likeness (QED) is 0.372. The molecular weight excluding hydrogens is 300 g/mol. The Morgan fingerprint density at radius 3 is 0.722 bits per heavy atom. The maximum absolute atomic E-state index is 9.25. The molecule has 0 aliphatic heterocycles. The predicted molar refractivity (Wildman–Crippen MR) is 87.0 cm³/mol. The number of nitrogens with zero attached hydrogens (tertiary/aromatic N) is 2. The molecule has 0 radical (unpaired) electrons. The minimum absolute atomic E-state index is 0.639. The molecule has 116 valence electrons. The molecule has 0 aromatic rings. The molecule has 0 aromatic carbocycles. The zero-order valence-electron chi connectivity index (χ0n) is 13.9. The maximum atomic E-state index is 9.25. The van der Waals surface area contributed by atoms with E-state index < -0.39 is 20.0 Å². The lowest BCUT2D eigenvalue weighted by Crippen LogP contribution is -2.27. The highest BCUT2D eigenvalue weighted by Crippen LogP contribution is 1.74. The molecular formula is C8H34N2O4Si4. The topological polar surface area (TPSA) is 64.6 Å². The Kier molecular flexibility index (Phi) is 26.5. The van der Waals surface area contributed by atoms with Crippen LogP contribution in [0.3, 0.4) is 0 Å². The van der Waals surface area contributed by atoms with Crippen LogP contribution in [0.2, 0.25) is 0 Å². The summed E-state index contributed by atoms with van der Waals surface area (Å²) in [7, 11) is 15.8. The molecule has 0 rings (SSSR count). The van der Waals surface area contributed by atoms with Gasteiger partial charge in [-0.2, -0.15) is 0 Å². The SMILES string of the molecule is C[N+](C)(C)C.C[N+](C)(C)C.[O-][SiH2]O[SiH3].[O-][SiH2]O[SiH3]. The van der Waals surface area contributed by atoms with Crippen molar-refractivity contribution in [2.45, 2.75) is 0 Å². The van der Waals surface area contributed by atoms with E-state index in [2.05, 4.69) is 64.6 Å². The van der Waals surface area contributed by atoms with Crippen LogP contribution in [0.5, 0.6) is 0 Å². The zero-order chi connectivity index (χ0) is 15.8. The third kappa shape index (κ3) is 588. The van der Waals surface area contributed by atoms with E-state index in [1.165, 1.54) is 0 Å². The minimum Gasteiger partial charge on any atom is -0.844 e. The van der Waals surface area contributed by atoms with Crippen LogP contribution in [0.4, 0.5) is 0 Å². The van der Waals surface area contributed by atoms with E-state index in [4.69, 9.17) is 0 Å². The second kappa shape index (κ2) is 17.6. The van der Waals surface area contributed by atoms with Gasteiger partial charge in [0.2, 0.25) is 0 Å². The van der Waals surface area contributed by atoms with E-state index in [0.29, 0.717) is 21.0 Å². The van der Waals surface area contributed by atoms with Gasteiger partial charge >= 0.3 is 0 Å². The van der Waals surface area contributed by atoms with Crippen LogP contribution >= 0.6 is 0 Å². The van der Waals surface area contributed by atoms with Gasteiger partial charge in [-0.1, -0.05) is 0 Å². The van der Waals surface area contributed by atoms with Crippen molar-refractivity contribution < 1.29 is 26.8 Å². The summed E-state index contributed by atoms with van der Waals surface area (Å²) in [5, 5.41) is 0. The molecule has 0 N–H and O–H groups in total. The predicted octanol–water partition coefficient (Wildman–Crippen LogP) is -6.07. The standard InChI is InChI=1S/2C4H12N.2H5O2Si2/c2*1-5(2,3)4;2*1-4-2-3/h2*1-4H3;2*4H2,3H3/q2*+1;2*-1. The molecule has 0 amide bonds. The second-order valence-corrected chi connectivity index (χ2v) is 11.3. The van der Waals surface area contributed by atoms with E-state index >= 15 is 0 Å². The van der Waals surface area contributed by atoms with E-state index in [9.17, 15) is 9.59 Å². The van der Waals surface area contributed by atoms with Gasteiger partial charge in [-0.25, -0.2) is 0 Å². The number of hydrogen-bond donors (Lipinski definition) is 0. The minimum atomic E-state index is -1.26. The number of quaternary nitrogens is 2. The van der Waals surface area contributed by atoms with Crippen LogP contribution in [0.15, 0.2) is 0 Å². The van der Waals surface area contributed by atoms with Crippen molar-refractivity contribution in [3.8, 4) is 0 Å². The molecule has 0 aromatic heterocycles. The fourth-order valence-electron chi connectivity index (χ4n) is 0. The van der Waals surface area contributed by atoms with E-state index in [-0.39, 0.29) is 0 Å². The Hall–Kier alpha value is 0.628. The van der Waals surface area contributed by atoms with E-state index in [1.807, 2.05) is 0 Å². The van der Waals surface area contributed by atoms with Crippen LogP contribution in [0.1, 0.15) is 0 Å². The third-order valence-electron chi connectivity index (χ3n) is 0.236. The van der Waals surface area contributed by atoms with E-state index in [0.717, 1.165) is 8.97 Å². The summed E-state index contributed by atoms with van der Waals surface area (Å²) >= 11 is 0. The van der Waals surface area contributed by atoms with Gasteiger partial charge < -0.3 is 26.8 Å². The molecule has 0 spiro atoms. The molecule has 0 unspecified atom stereocenters. The highest BCUT2D eigenvalue weighted by molar-refractivity contribution is 6.24. The summed E-state index contributed by atoms with van der Waals surface area (Å²) in [6.07, 6.45) is 0. The molecule has 0 saturated carbocycles. The van der Waals surface area contributed by atoms with Gasteiger partial charge in [0.15, 0.2) is 0 Å². The van der Waals surface area contributed by atoms with Crippen molar-refractivity contribution >= 4 is 41.0 Å². The van der Waals surface area contributed by atoms with Gasteiger partial charge in [0.1, 0.15) is 21.0 Å². The lowest BCUT2D eigenvalue weighted by molar-refractivity contribution is -0.849. The summed E-state index contributed by atoms with van der Waals surface area (Å²) in [6.45, 7) is 0. The van der Waals surface area contributed by atoms with Crippen molar-refractivity contribution in [1.82, 2.24) is 0 Å². The van der Waals surface area contributed by atoms with Crippen LogP contribution in [0, 0.1) is 0 Å². The van der Waals surface area contributed by atoms with Crippen LogP contribution in [-0.4, -0.2) is 106 Å². The number of hydrogen-bond acceptors (Lipinski definition) is 4. The highest BCUT2D eigenvalue weighted by Gasteiger charge is 1.88. The molecule has 6 nitrogen and oxygen atoms in total. The monoisotopic (exact) mass is 334 g/mol. The van der Waals surface area contributed by atoms with Crippen LogP contribution in [-0.2, 0) is 8.23 Å². The molecule has 0 aliphatic carbocycles. The Balaban J connectivity index is -0.0000000731. The van der Waals surface area contributed by atoms with Crippen molar-refractivity contribution in [2.24, 2.45) is 0 Å². The third-order valence-corrected chi connectivity index (χ3v) is 2.12. The first-order valence-corrected chi connectivity index (χ1v) is 9.49. The first-order valence-electron chi connectivity index (χ1n) is 5.55. The fourth-order valence-corrected chi connectivity index (χ4v) is 0. The van der Waals surface area contributed by atoms with Gasteiger partial charge in [0, 0.05) is 20.0 Å². The molecule has 0 atom stereocenters. The van der Waals surface area contributed by atoms with Crippen molar-refractivity contribution in [2.75, 3.05) is 56.4 Å². The van der Waals surface area contributed by atoms with Gasteiger partial charge in [-0.3, -0.25) is 0 Å². The first kappa shape index (κ1) is 27.1. The van der Waals surface area contributed by atoms with Gasteiger partial charge in [0.25, 0.3) is 0 Å². The fraction of sp³-hybridized carbons (Fsp3) is 1.00. The maximum Gasteiger partial charge on any atom is 0.127 e. The molecule has 18 heavy (non-hydrogen) atoms. The van der Waals surface area contributed by atoms with E-state index in [1.54, 1.807) is 0 Å². The molecule has 0 heterocycles. The van der Waals surface area contributed by atoms with Crippen LogP contribution in [0.25, 0.3) is 0 Å². The molecule has 0 saturated heterocycles. The molecule has 10 heteroatoms. The summed E-state index contributed by atoms with van der Waals surface area (Å²) < 4.78 is 10.5. The van der Waals surface area contributed by atoms with Crippen LogP contribution < -0.4 is 9.59 Å². The zero-order valence-corrected chi connectivity index (χ0v) is 20.8. The molecule has 0 fully saturated rings. The first-order chi connectivity index (χ1) is 7.83. The van der Waals surface area contributed by atoms with Gasteiger partial charge in [-0.05, 0) is 0 Å². The average Bonchev–Trinajstić information content (AvgIpc) is 2.12. The number of rotatable bonds is 2. The van der Waals surface area contributed by atoms with Gasteiger partial charge in [0.05, 0.1) is 56.4 Å². The summed E-state index contributed by atoms with van der Waals surface area (Å²) in [5.41, 5.74) is 0. The van der Waals surface area contributed by atoms with Gasteiger partial charge in [-0.15, -0.1) is 0 Å². The molecule has 0 aliphatic rings. The summed E-state index contributed by atoms with van der Waals surface area (Å²) in [5.74, 6) is 0. The highest BCUT2D eigenvalue weighted by atomic mass is 28.3. The Bertz CT molecular complexity index is 110. The lowest BCUT2D eigenvalue weighted by atomic mass is 10.8. The summed E-state index contributed by atoms with van der Waals surface area (Å²) in [4.78, 5) is 18.5. The van der Waals surface area contributed by atoms with Crippen molar-refractivity contribution in [3.63, 3.8) is 0 Å². The summed E-state index contributed by atoms with van der Waals surface area (Å²) in [6, 6.07) is 0. The van der Waals surface area contributed by atoms with Crippen molar-refractivity contribution in [3.05, 3.63) is 0 Å². The average molecular weight is 335 g/mol. The Morgan fingerprint density at radius 1 is 0.667 bits per heavy atom. The largest absolute Gasteiger partial charge is 0.844 e. The van der Waals surface area contributed by atoms with Crippen molar-refractivity contribution in [1.29, 1.82) is 0 Å². The second-order valence-electron chi connectivity index (χ2n) is 6.18. The molecule has 0 bridgehead atoms.